The summed E-state index contributed by atoms with van der Waals surface area (Å²) in [6.07, 6.45) is 4.64. The molecule has 11 heteroatoms. The molecular weight excluding hydrogens is 512 g/mol. The van der Waals surface area contributed by atoms with E-state index in [0.29, 0.717) is 29.3 Å². The van der Waals surface area contributed by atoms with Crippen LogP contribution in [0.3, 0.4) is 0 Å². The van der Waals surface area contributed by atoms with Gasteiger partial charge >= 0.3 is 0 Å². The molecule has 0 saturated heterocycles. The molecule has 5 rings (SSSR count). The molecule has 0 amide bonds. The van der Waals surface area contributed by atoms with Crippen LogP contribution in [0.15, 0.2) is 73.1 Å². The number of sulfonamides is 1. The summed E-state index contributed by atoms with van der Waals surface area (Å²) in [6, 6.07) is 20.8. The summed E-state index contributed by atoms with van der Waals surface area (Å²) < 4.78 is 29.3. The van der Waals surface area contributed by atoms with Crippen molar-refractivity contribution in [1.29, 1.82) is 0 Å². The van der Waals surface area contributed by atoms with E-state index >= 15 is 0 Å². The fourth-order valence-corrected chi connectivity index (χ4v) is 5.20. The normalized spacial score (nSPS) is 11.4. The van der Waals surface area contributed by atoms with Crippen molar-refractivity contribution in [2.75, 3.05) is 10.5 Å². The molecule has 0 aliphatic heterocycles. The second-order valence-electron chi connectivity index (χ2n) is 8.98. The summed E-state index contributed by atoms with van der Waals surface area (Å²) in [4.78, 5) is 21.5. The third-order valence-corrected chi connectivity index (χ3v) is 7.46. The summed E-state index contributed by atoms with van der Waals surface area (Å²) in [6.45, 7) is 9.30. The maximum atomic E-state index is 12.7. The van der Waals surface area contributed by atoms with Crippen molar-refractivity contribution in [3.63, 3.8) is 0 Å². The van der Waals surface area contributed by atoms with Gasteiger partial charge in [-0.3, -0.25) is 4.72 Å². The Morgan fingerprint density at radius 2 is 1.59 bits per heavy atom. The van der Waals surface area contributed by atoms with E-state index in [1.807, 2.05) is 42.5 Å². The van der Waals surface area contributed by atoms with Crippen LogP contribution in [0, 0.1) is 6.57 Å². The molecule has 0 radical (unpaired) electrons. The molecule has 1 N–H and O–H groups in total. The maximum Gasteiger partial charge on any atom is 0.257 e. The van der Waals surface area contributed by atoms with Crippen molar-refractivity contribution in [3.8, 4) is 28.7 Å². The van der Waals surface area contributed by atoms with Crippen LogP contribution in [0.2, 0.25) is 0 Å². The van der Waals surface area contributed by atoms with Gasteiger partial charge in [0.05, 0.1) is 12.3 Å². The minimum absolute atomic E-state index is 0.00421. The first kappa shape index (κ1) is 25.9. The minimum Gasteiger partial charge on any atom is -0.251 e. The van der Waals surface area contributed by atoms with Crippen molar-refractivity contribution < 1.29 is 8.42 Å². The lowest BCUT2D eigenvalue weighted by Gasteiger charge is -2.11. The topological polar surface area (TPSA) is 120 Å². The number of fused-ring (bicyclic) bond motifs is 1. The lowest BCUT2D eigenvalue weighted by Crippen LogP contribution is -2.20. The van der Waals surface area contributed by atoms with Crippen LogP contribution < -0.4 is 4.72 Å². The van der Waals surface area contributed by atoms with Gasteiger partial charge in [-0.25, -0.2) is 18.2 Å². The van der Waals surface area contributed by atoms with Gasteiger partial charge in [0.25, 0.3) is 5.95 Å². The Labute approximate surface area is 226 Å². The van der Waals surface area contributed by atoms with Crippen LogP contribution in [0.25, 0.3) is 44.3 Å². The van der Waals surface area contributed by atoms with Crippen LogP contribution in [-0.2, 0) is 10.0 Å². The first-order chi connectivity index (χ1) is 19.0. The average Bonchev–Trinajstić information content (AvgIpc) is 3.42. The number of nitrogens with zero attached hydrogens (tertiary/aromatic N) is 7. The van der Waals surface area contributed by atoms with E-state index in [-0.39, 0.29) is 17.6 Å². The van der Waals surface area contributed by atoms with E-state index in [1.54, 1.807) is 24.3 Å². The lowest BCUT2D eigenvalue weighted by molar-refractivity contribution is 0.593. The van der Waals surface area contributed by atoms with Crippen molar-refractivity contribution in [2.45, 2.75) is 32.6 Å². The average molecular weight is 539 g/mol. The van der Waals surface area contributed by atoms with Crippen molar-refractivity contribution in [1.82, 2.24) is 29.7 Å². The van der Waals surface area contributed by atoms with Gasteiger partial charge in [-0.05, 0) is 23.3 Å². The Hall–Kier alpha value is -4.69. The molecule has 3 aromatic carbocycles. The van der Waals surface area contributed by atoms with Gasteiger partial charge < -0.3 is 0 Å². The molecule has 5 aromatic rings. The van der Waals surface area contributed by atoms with Crippen LogP contribution in [-0.4, -0.2) is 43.9 Å². The van der Waals surface area contributed by atoms with Gasteiger partial charge in [-0.1, -0.05) is 86.8 Å². The molecule has 196 valence electrons. The molecule has 0 bridgehead atoms. The Kier molecular flexibility index (Phi) is 7.56. The molecule has 0 spiro atoms. The molecule has 0 atom stereocenters. The Morgan fingerprint density at radius 1 is 0.872 bits per heavy atom. The second-order valence-corrected chi connectivity index (χ2v) is 10.8. The smallest absolute Gasteiger partial charge is 0.251 e. The van der Waals surface area contributed by atoms with Gasteiger partial charge in [0.15, 0.2) is 17.3 Å². The standard InChI is InChI=1S/C28H26N8O2S/c1-3-4-5-8-17-39(37,38)35-27-30-19-31-36(27)28-33-25(21-13-15-24(29-2)16-14-21)32-26(34-28)23-12-11-20-9-6-7-10-22(20)18-23/h6-7,9-16,18-19H,3-5,8,17H2,1H3,(H,30,31,35). The zero-order valence-electron chi connectivity index (χ0n) is 21.3. The van der Waals surface area contributed by atoms with Gasteiger partial charge in [-0.15, -0.1) is 0 Å². The second kappa shape index (κ2) is 11.4. The van der Waals surface area contributed by atoms with Crippen LogP contribution >= 0.6 is 0 Å². The zero-order chi connectivity index (χ0) is 27.2. The third kappa shape index (κ3) is 6.08. The third-order valence-electron chi connectivity index (χ3n) is 6.14. The Bertz CT molecular complexity index is 1760. The number of rotatable bonds is 10. The first-order valence-corrected chi connectivity index (χ1v) is 14.2. The molecule has 2 aromatic heterocycles. The van der Waals surface area contributed by atoms with E-state index in [1.165, 1.54) is 11.0 Å². The van der Waals surface area contributed by atoms with Gasteiger partial charge in [0.1, 0.15) is 6.33 Å². The first-order valence-electron chi connectivity index (χ1n) is 12.6. The summed E-state index contributed by atoms with van der Waals surface area (Å²) in [5, 5.41) is 6.32. The highest BCUT2D eigenvalue weighted by molar-refractivity contribution is 7.92. The minimum atomic E-state index is -3.64. The monoisotopic (exact) mass is 538 g/mol. The highest BCUT2D eigenvalue weighted by Gasteiger charge is 2.19. The Morgan fingerprint density at radius 3 is 2.33 bits per heavy atom. The number of unbranched alkanes of at least 4 members (excludes halogenated alkanes) is 3. The fraction of sp³-hybridized carbons (Fsp3) is 0.214. The van der Waals surface area contributed by atoms with Gasteiger partial charge in [-0.2, -0.15) is 24.7 Å². The molecule has 2 heterocycles. The molecule has 0 aliphatic rings. The zero-order valence-corrected chi connectivity index (χ0v) is 22.1. The predicted molar refractivity (Wildman–Crippen MR) is 151 cm³/mol. The van der Waals surface area contributed by atoms with Crippen LogP contribution in [0.4, 0.5) is 11.6 Å². The molecule has 0 unspecified atom stereocenters. The van der Waals surface area contributed by atoms with Crippen LogP contribution in [0.1, 0.15) is 32.6 Å². The van der Waals surface area contributed by atoms with Gasteiger partial charge in [0.2, 0.25) is 16.0 Å². The SMILES string of the molecule is [C-]#[N+]c1ccc(-c2nc(-c3ccc4ccccc4c3)nc(-n3ncnc3NS(=O)(=O)CCCCCC)n2)cc1. The van der Waals surface area contributed by atoms with Crippen molar-refractivity contribution in [2.24, 2.45) is 0 Å². The van der Waals surface area contributed by atoms with E-state index in [9.17, 15) is 8.42 Å². The van der Waals surface area contributed by atoms with Crippen molar-refractivity contribution in [3.05, 3.63) is 84.5 Å². The summed E-state index contributed by atoms with van der Waals surface area (Å²) in [5.74, 6) is 0.828. The quantitative estimate of drug-likeness (QED) is 0.176. The number of hydrogen-bond acceptors (Lipinski definition) is 7. The number of anilines is 1. The van der Waals surface area contributed by atoms with E-state index in [0.717, 1.165) is 35.6 Å². The van der Waals surface area contributed by atoms with E-state index in [4.69, 9.17) is 11.6 Å². The number of nitrogens with one attached hydrogen (secondary N) is 1. The fourth-order valence-electron chi connectivity index (χ4n) is 4.10. The van der Waals surface area contributed by atoms with Crippen LogP contribution in [0.5, 0.6) is 0 Å². The molecule has 0 fully saturated rings. The number of aromatic nitrogens is 6. The molecule has 0 saturated carbocycles. The number of hydrogen-bond donors (Lipinski definition) is 1. The highest BCUT2D eigenvalue weighted by atomic mass is 32.2. The largest absolute Gasteiger partial charge is 0.257 e. The molecular formula is C28H26N8O2S. The Balaban J connectivity index is 1.56. The lowest BCUT2D eigenvalue weighted by atomic mass is 10.1. The summed E-state index contributed by atoms with van der Waals surface area (Å²) in [5.41, 5.74) is 1.93. The van der Waals surface area contributed by atoms with E-state index < -0.39 is 10.0 Å². The molecule has 39 heavy (non-hydrogen) atoms. The van der Waals surface area contributed by atoms with E-state index in [2.05, 4.69) is 36.5 Å². The highest BCUT2D eigenvalue weighted by Crippen LogP contribution is 2.26. The van der Waals surface area contributed by atoms with Crippen molar-refractivity contribution >= 4 is 32.4 Å². The van der Waals surface area contributed by atoms with Gasteiger partial charge in [0, 0.05) is 11.1 Å². The molecule has 10 nitrogen and oxygen atoms in total. The predicted octanol–water partition coefficient (Wildman–Crippen LogP) is 5.81. The number of benzene rings is 3. The maximum absolute atomic E-state index is 12.7. The summed E-state index contributed by atoms with van der Waals surface area (Å²) in [7, 11) is -3.64. The summed E-state index contributed by atoms with van der Waals surface area (Å²) >= 11 is 0. The molecule has 0 aliphatic carbocycles.